The Morgan fingerprint density at radius 1 is 1.27 bits per heavy atom. The number of rotatable bonds is 4. The van der Waals surface area contributed by atoms with E-state index in [-0.39, 0.29) is 12.1 Å². The van der Waals surface area contributed by atoms with Gasteiger partial charge in [-0.15, -0.1) is 0 Å². The van der Waals surface area contributed by atoms with Gasteiger partial charge in [0.2, 0.25) is 0 Å². The minimum atomic E-state index is -3.46. The quantitative estimate of drug-likeness (QED) is 0.844. The zero-order valence-electron chi connectivity index (χ0n) is 13.3. The summed E-state index contributed by atoms with van der Waals surface area (Å²) in [5.74, 6) is 0.746. The predicted molar refractivity (Wildman–Crippen MR) is 84.6 cm³/mol. The highest BCUT2D eigenvalue weighted by Gasteiger charge is 2.41. The lowest BCUT2D eigenvalue weighted by Crippen LogP contribution is -2.51. The van der Waals surface area contributed by atoms with Crippen molar-refractivity contribution in [2.75, 3.05) is 33.7 Å². The summed E-state index contributed by atoms with van der Waals surface area (Å²) >= 11 is 0. The highest BCUT2D eigenvalue weighted by molar-refractivity contribution is 7.86. The van der Waals surface area contributed by atoms with Crippen molar-refractivity contribution in [3.05, 3.63) is 24.2 Å². The molecule has 124 valence electrons. The van der Waals surface area contributed by atoms with Gasteiger partial charge in [0.1, 0.15) is 5.76 Å². The number of nitrogens with zero attached hydrogens (tertiary/aromatic N) is 3. The van der Waals surface area contributed by atoms with E-state index in [1.807, 2.05) is 19.2 Å². The van der Waals surface area contributed by atoms with Gasteiger partial charge in [0.05, 0.1) is 12.3 Å². The molecule has 3 heterocycles. The Hall–Kier alpha value is -0.890. The van der Waals surface area contributed by atoms with Gasteiger partial charge in [-0.3, -0.25) is 0 Å². The van der Waals surface area contributed by atoms with Gasteiger partial charge in [0.15, 0.2) is 0 Å². The molecule has 22 heavy (non-hydrogen) atoms. The molecule has 0 bridgehead atoms. The van der Waals surface area contributed by atoms with E-state index >= 15 is 0 Å². The molecule has 0 N–H and O–H groups in total. The van der Waals surface area contributed by atoms with Gasteiger partial charge in [-0.1, -0.05) is 0 Å². The molecule has 2 atom stereocenters. The van der Waals surface area contributed by atoms with E-state index in [4.69, 9.17) is 4.42 Å². The van der Waals surface area contributed by atoms with Crippen LogP contribution in [0.1, 0.15) is 37.5 Å². The number of likely N-dealkylation sites (N-methyl/N-ethyl adjacent to an activating group) is 2. The second-order valence-electron chi connectivity index (χ2n) is 6.37. The maximum absolute atomic E-state index is 13.0. The summed E-state index contributed by atoms with van der Waals surface area (Å²) in [6.07, 6.45) is 5.29. The second-order valence-corrected chi connectivity index (χ2v) is 8.31. The molecule has 6 nitrogen and oxygen atoms in total. The summed E-state index contributed by atoms with van der Waals surface area (Å²) in [5, 5.41) is 0. The van der Waals surface area contributed by atoms with Gasteiger partial charge in [0.25, 0.3) is 10.2 Å². The lowest BCUT2D eigenvalue weighted by molar-refractivity contribution is 0.179. The van der Waals surface area contributed by atoms with E-state index in [0.717, 1.165) is 44.5 Å². The molecule has 2 fully saturated rings. The van der Waals surface area contributed by atoms with Gasteiger partial charge < -0.3 is 9.32 Å². The Morgan fingerprint density at radius 2 is 2.05 bits per heavy atom. The summed E-state index contributed by atoms with van der Waals surface area (Å²) in [6.45, 7) is 2.42. The molecule has 0 aromatic carbocycles. The Morgan fingerprint density at radius 3 is 2.73 bits per heavy atom. The highest BCUT2D eigenvalue weighted by Crippen LogP contribution is 2.36. The van der Waals surface area contributed by atoms with Crippen LogP contribution in [0.3, 0.4) is 0 Å². The normalized spacial score (nSPS) is 28.5. The third kappa shape index (κ3) is 2.95. The van der Waals surface area contributed by atoms with Crippen LogP contribution in [0, 0.1) is 0 Å². The molecule has 2 saturated heterocycles. The van der Waals surface area contributed by atoms with Gasteiger partial charge >= 0.3 is 0 Å². The van der Waals surface area contributed by atoms with Gasteiger partial charge in [0, 0.05) is 26.2 Å². The lowest BCUT2D eigenvalue weighted by Gasteiger charge is -2.37. The van der Waals surface area contributed by atoms with Crippen LogP contribution in [0.5, 0.6) is 0 Å². The maximum Gasteiger partial charge on any atom is 0.282 e. The summed E-state index contributed by atoms with van der Waals surface area (Å²) in [4.78, 5) is 2.20. The predicted octanol–water partition coefficient (Wildman–Crippen LogP) is 1.69. The molecule has 2 aliphatic heterocycles. The van der Waals surface area contributed by atoms with E-state index in [0.29, 0.717) is 6.54 Å². The fraction of sp³-hybridized carbons (Fsp3) is 0.733. The van der Waals surface area contributed by atoms with Crippen LogP contribution in [-0.2, 0) is 10.2 Å². The summed E-state index contributed by atoms with van der Waals surface area (Å²) in [6, 6.07) is 3.58. The molecule has 0 unspecified atom stereocenters. The van der Waals surface area contributed by atoms with Crippen molar-refractivity contribution in [3.63, 3.8) is 0 Å². The van der Waals surface area contributed by atoms with Crippen molar-refractivity contribution in [2.24, 2.45) is 0 Å². The van der Waals surface area contributed by atoms with Crippen molar-refractivity contribution in [3.8, 4) is 0 Å². The Labute approximate surface area is 132 Å². The monoisotopic (exact) mass is 327 g/mol. The maximum atomic E-state index is 13.0. The molecule has 1 aromatic heterocycles. The van der Waals surface area contributed by atoms with E-state index in [1.165, 1.54) is 0 Å². The topological polar surface area (TPSA) is 57.0 Å². The molecule has 2 aliphatic rings. The standard InChI is InChI=1S/C15H25N3O3S/c1-16-9-3-6-13(12-16)17(2)22(19,20)18-10-4-7-14(18)15-8-5-11-21-15/h5,8,11,13-14H,3-4,6-7,9-10,12H2,1-2H3/t13-,14+/m1/s1. The molecule has 0 aliphatic carbocycles. The molecule has 0 amide bonds. The van der Waals surface area contributed by atoms with Gasteiger partial charge in [-0.05, 0) is 51.4 Å². The molecule has 7 heteroatoms. The Balaban J connectivity index is 1.79. The van der Waals surface area contributed by atoms with Crippen LogP contribution < -0.4 is 0 Å². The van der Waals surface area contributed by atoms with Crippen molar-refractivity contribution in [2.45, 2.75) is 37.8 Å². The van der Waals surface area contributed by atoms with Crippen LogP contribution in [0.25, 0.3) is 0 Å². The zero-order valence-corrected chi connectivity index (χ0v) is 14.1. The highest BCUT2D eigenvalue weighted by atomic mass is 32.2. The largest absolute Gasteiger partial charge is 0.468 e. The first-order valence-corrected chi connectivity index (χ1v) is 9.36. The van der Waals surface area contributed by atoms with Crippen molar-refractivity contribution in [1.82, 2.24) is 13.5 Å². The zero-order chi connectivity index (χ0) is 15.7. The molecule has 0 radical (unpaired) electrons. The number of hydrogen-bond donors (Lipinski definition) is 0. The third-order valence-electron chi connectivity index (χ3n) is 4.85. The van der Waals surface area contributed by atoms with Gasteiger partial charge in [-0.25, -0.2) is 0 Å². The van der Waals surface area contributed by atoms with Crippen molar-refractivity contribution in [1.29, 1.82) is 0 Å². The minimum absolute atomic E-state index is 0.0570. The van der Waals surface area contributed by atoms with E-state index in [9.17, 15) is 8.42 Å². The number of furan rings is 1. The molecule has 1 aromatic rings. The summed E-state index contributed by atoms with van der Waals surface area (Å²) < 4.78 is 34.7. The van der Waals surface area contributed by atoms with Crippen LogP contribution in [0.15, 0.2) is 22.8 Å². The molecular weight excluding hydrogens is 302 g/mol. The first-order chi connectivity index (χ1) is 10.5. The fourth-order valence-corrected chi connectivity index (χ4v) is 5.34. The second kappa shape index (κ2) is 6.31. The van der Waals surface area contributed by atoms with E-state index < -0.39 is 10.2 Å². The van der Waals surface area contributed by atoms with Gasteiger partial charge in [-0.2, -0.15) is 17.0 Å². The smallest absolute Gasteiger partial charge is 0.282 e. The average Bonchev–Trinajstić information content (AvgIpc) is 3.16. The molecule has 0 saturated carbocycles. The Bertz CT molecular complexity index is 587. The SMILES string of the molecule is CN1CCC[C@@H](N(C)S(=O)(=O)N2CCC[C@H]2c2ccco2)C1. The van der Waals surface area contributed by atoms with Crippen LogP contribution in [-0.4, -0.2) is 61.7 Å². The number of likely N-dealkylation sites (tertiary alicyclic amines) is 1. The van der Waals surface area contributed by atoms with Crippen LogP contribution >= 0.6 is 0 Å². The minimum Gasteiger partial charge on any atom is -0.468 e. The first-order valence-electron chi connectivity index (χ1n) is 7.97. The molecule has 3 rings (SSSR count). The van der Waals surface area contributed by atoms with Crippen LogP contribution in [0.2, 0.25) is 0 Å². The third-order valence-corrected chi connectivity index (χ3v) is 6.91. The molecule has 0 spiro atoms. The average molecular weight is 327 g/mol. The van der Waals surface area contributed by atoms with E-state index in [2.05, 4.69) is 4.90 Å². The Kier molecular flexibility index (Phi) is 4.59. The number of hydrogen-bond acceptors (Lipinski definition) is 4. The fourth-order valence-electron chi connectivity index (χ4n) is 3.57. The first kappa shape index (κ1) is 16.0. The summed E-state index contributed by atoms with van der Waals surface area (Å²) in [5.41, 5.74) is 0. The van der Waals surface area contributed by atoms with E-state index in [1.54, 1.807) is 21.9 Å². The van der Waals surface area contributed by atoms with Crippen LogP contribution in [0.4, 0.5) is 0 Å². The molecular formula is C15H25N3O3S. The van der Waals surface area contributed by atoms with Crippen molar-refractivity contribution < 1.29 is 12.8 Å². The number of piperidine rings is 1. The lowest BCUT2D eigenvalue weighted by atomic mass is 10.1. The van der Waals surface area contributed by atoms with Crippen molar-refractivity contribution >= 4 is 10.2 Å². The summed E-state index contributed by atoms with van der Waals surface area (Å²) in [7, 11) is 0.312.